The van der Waals surface area contributed by atoms with Gasteiger partial charge in [-0.05, 0) is 6.07 Å². The summed E-state index contributed by atoms with van der Waals surface area (Å²) in [5, 5.41) is 21.1. The number of aliphatic hydroxyl groups is 1. The maximum atomic E-state index is 12.6. The van der Waals surface area contributed by atoms with E-state index in [0.29, 0.717) is 24.3 Å². The van der Waals surface area contributed by atoms with Gasteiger partial charge in [-0.1, -0.05) is 30.3 Å². The summed E-state index contributed by atoms with van der Waals surface area (Å²) in [4.78, 5) is 14.1. The van der Waals surface area contributed by atoms with Gasteiger partial charge >= 0.3 is 0 Å². The lowest BCUT2D eigenvalue weighted by molar-refractivity contribution is -0.144. The van der Waals surface area contributed by atoms with E-state index in [1.807, 2.05) is 6.07 Å². The predicted octanol–water partition coefficient (Wildman–Crippen LogP) is 0.258. The molecule has 0 spiro atoms. The van der Waals surface area contributed by atoms with Crippen LogP contribution in [0.2, 0.25) is 0 Å². The van der Waals surface area contributed by atoms with Crippen LogP contribution >= 0.6 is 0 Å². The summed E-state index contributed by atoms with van der Waals surface area (Å²) in [5.74, 6) is -0.414. The van der Waals surface area contributed by atoms with E-state index >= 15 is 0 Å². The number of piperazine rings is 1. The predicted molar refractivity (Wildman–Crippen MR) is 72.7 cm³/mol. The SMILES string of the molecule is O=C1N(c2ccnnc2)CCNC1(O)c1ccccc1. The fourth-order valence-corrected chi connectivity index (χ4v) is 2.32. The quantitative estimate of drug-likeness (QED) is 0.818. The van der Waals surface area contributed by atoms with E-state index in [1.54, 1.807) is 30.3 Å². The van der Waals surface area contributed by atoms with Crippen molar-refractivity contribution in [2.24, 2.45) is 0 Å². The molecular formula is C14H14N4O2. The van der Waals surface area contributed by atoms with Crippen molar-refractivity contribution in [1.82, 2.24) is 15.5 Å². The highest BCUT2D eigenvalue weighted by atomic mass is 16.3. The fourth-order valence-electron chi connectivity index (χ4n) is 2.32. The summed E-state index contributed by atoms with van der Waals surface area (Å²) in [5.41, 5.74) is -0.555. The number of amides is 1. The summed E-state index contributed by atoms with van der Waals surface area (Å²) in [7, 11) is 0. The van der Waals surface area contributed by atoms with Crippen LogP contribution in [0, 0.1) is 0 Å². The van der Waals surface area contributed by atoms with Gasteiger partial charge < -0.3 is 10.0 Å². The standard InChI is InChI=1S/C14H14N4O2/c19-13-14(20,11-4-2-1-3-5-11)15-8-9-18(13)12-6-7-16-17-10-12/h1-7,10,15,20H,8-9H2. The maximum absolute atomic E-state index is 12.6. The number of rotatable bonds is 2. The van der Waals surface area contributed by atoms with Crippen molar-refractivity contribution >= 4 is 11.6 Å². The topological polar surface area (TPSA) is 78.4 Å². The van der Waals surface area contributed by atoms with Crippen LogP contribution in [0.15, 0.2) is 48.8 Å². The van der Waals surface area contributed by atoms with Gasteiger partial charge in [0.05, 0.1) is 18.1 Å². The third-order valence-electron chi connectivity index (χ3n) is 3.34. The van der Waals surface area contributed by atoms with E-state index < -0.39 is 11.6 Å². The van der Waals surface area contributed by atoms with Gasteiger partial charge in [0.15, 0.2) is 0 Å². The molecule has 0 radical (unpaired) electrons. The zero-order chi connectivity index (χ0) is 14.0. The first-order chi connectivity index (χ1) is 9.72. The molecule has 1 aromatic carbocycles. The molecule has 1 atom stereocenters. The van der Waals surface area contributed by atoms with Crippen LogP contribution in [-0.2, 0) is 10.5 Å². The van der Waals surface area contributed by atoms with E-state index in [4.69, 9.17) is 0 Å². The van der Waals surface area contributed by atoms with Crippen molar-refractivity contribution in [1.29, 1.82) is 0 Å². The van der Waals surface area contributed by atoms with Crippen LogP contribution < -0.4 is 10.2 Å². The highest BCUT2D eigenvalue weighted by molar-refractivity contribution is 6.00. The molecule has 1 unspecified atom stereocenters. The van der Waals surface area contributed by atoms with Gasteiger partial charge in [-0.2, -0.15) is 10.2 Å². The summed E-state index contributed by atoms with van der Waals surface area (Å²) in [6.45, 7) is 0.957. The van der Waals surface area contributed by atoms with Crippen molar-refractivity contribution in [3.05, 3.63) is 54.4 Å². The Bertz CT molecular complexity index is 605. The Labute approximate surface area is 116 Å². The molecule has 6 nitrogen and oxygen atoms in total. The number of hydrogen-bond acceptors (Lipinski definition) is 5. The van der Waals surface area contributed by atoms with Gasteiger partial charge in [-0.3, -0.25) is 10.1 Å². The smallest absolute Gasteiger partial charge is 0.279 e. The largest absolute Gasteiger partial charge is 0.364 e. The molecule has 0 saturated carbocycles. The zero-order valence-electron chi connectivity index (χ0n) is 10.7. The van der Waals surface area contributed by atoms with Crippen LogP contribution in [0.5, 0.6) is 0 Å². The van der Waals surface area contributed by atoms with Crippen molar-refractivity contribution < 1.29 is 9.90 Å². The third kappa shape index (κ3) is 2.04. The first kappa shape index (κ1) is 12.7. The molecular weight excluding hydrogens is 256 g/mol. The average Bonchev–Trinajstić information content (AvgIpc) is 2.52. The highest BCUT2D eigenvalue weighted by Gasteiger charge is 2.44. The molecule has 3 rings (SSSR count). The summed E-state index contributed by atoms with van der Waals surface area (Å²) < 4.78 is 0. The van der Waals surface area contributed by atoms with Crippen LogP contribution in [-0.4, -0.2) is 34.3 Å². The number of nitrogens with zero attached hydrogens (tertiary/aromatic N) is 3. The lowest BCUT2D eigenvalue weighted by Crippen LogP contribution is -2.62. The Morgan fingerprint density at radius 1 is 1.20 bits per heavy atom. The number of benzene rings is 1. The Hall–Kier alpha value is -2.31. The Kier molecular flexibility index (Phi) is 3.17. The molecule has 1 amide bonds. The van der Waals surface area contributed by atoms with E-state index in [0.717, 1.165) is 0 Å². The molecule has 1 aliphatic heterocycles. The highest BCUT2D eigenvalue weighted by Crippen LogP contribution is 2.26. The minimum atomic E-state index is -1.71. The second-order valence-electron chi connectivity index (χ2n) is 4.56. The van der Waals surface area contributed by atoms with Gasteiger partial charge in [-0.15, -0.1) is 0 Å². The van der Waals surface area contributed by atoms with Gasteiger partial charge in [-0.25, -0.2) is 0 Å². The van der Waals surface area contributed by atoms with Crippen molar-refractivity contribution in [2.75, 3.05) is 18.0 Å². The summed E-state index contributed by atoms with van der Waals surface area (Å²) >= 11 is 0. The average molecular weight is 270 g/mol. The monoisotopic (exact) mass is 270 g/mol. The number of anilines is 1. The van der Waals surface area contributed by atoms with E-state index in [1.165, 1.54) is 17.3 Å². The molecule has 1 saturated heterocycles. The first-order valence-electron chi connectivity index (χ1n) is 6.33. The Balaban J connectivity index is 1.97. The van der Waals surface area contributed by atoms with Crippen LogP contribution in [0.1, 0.15) is 5.56 Å². The summed E-state index contributed by atoms with van der Waals surface area (Å²) in [6.07, 6.45) is 3.03. The maximum Gasteiger partial charge on any atom is 0.279 e. The fraction of sp³-hybridized carbons (Fsp3) is 0.214. The molecule has 2 N–H and O–H groups in total. The van der Waals surface area contributed by atoms with Gasteiger partial charge in [0.1, 0.15) is 0 Å². The molecule has 20 heavy (non-hydrogen) atoms. The second-order valence-corrected chi connectivity index (χ2v) is 4.56. The molecule has 2 heterocycles. The van der Waals surface area contributed by atoms with Crippen LogP contribution in [0.25, 0.3) is 0 Å². The van der Waals surface area contributed by atoms with E-state index in [9.17, 15) is 9.90 Å². The molecule has 0 aliphatic carbocycles. The van der Waals surface area contributed by atoms with Gasteiger partial charge in [0.2, 0.25) is 5.72 Å². The number of aromatic nitrogens is 2. The number of carbonyl (C=O) groups is 1. The summed E-state index contributed by atoms with van der Waals surface area (Å²) in [6, 6.07) is 10.6. The molecule has 102 valence electrons. The van der Waals surface area contributed by atoms with Crippen LogP contribution in [0.4, 0.5) is 5.69 Å². The lowest BCUT2D eigenvalue weighted by Gasteiger charge is -2.38. The second kappa shape index (κ2) is 4.99. The minimum absolute atomic E-state index is 0.414. The molecule has 0 bridgehead atoms. The molecule has 1 aliphatic rings. The van der Waals surface area contributed by atoms with Gasteiger partial charge in [0, 0.05) is 18.7 Å². The number of nitrogens with one attached hydrogen (secondary N) is 1. The van der Waals surface area contributed by atoms with Crippen LogP contribution in [0.3, 0.4) is 0 Å². The van der Waals surface area contributed by atoms with Crippen molar-refractivity contribution in [3.63, 3.8) is 0 Å². The molecule has 1 aromatic heterocycles. The normalized spacial score (nSPS) is 22.9. The van der Waals surface area contributed by atoms with Gasteiger partial charge in [0.25, 0.3) is 5.91 Å². The third-order valence-corrected chi connectivity index (χ3v) is 3.34. The Morgan fingerprint density at radius 3 is 2.70 bits per heavy atom. The molecule has 2 aromatic rings. The molecule has 6 heteroatoms. The lowest BCUT2D eigenvalue weighted by atomic mass is 9.99. The first-order valence-corrected chi connectivity index (χ1v) is 6.33. The zero-order valence-corrected chi connectivity index (χ0v) is 10.7. The van der Waals surface area contributed by atoms with Crippen molar-refractivity contribution in [3.8, 4) is 0 Å². The van der Waals surface area contributed by atoms with Crippen molar-refractivity contribution in [2.45, 2.75) is 5.72 Å². The Morgan fingerprint density at radius 2 is 2.00 bits per heavy atom. The number of hydrogen-bond donors (Lipinski definition) is 2. The van der Waals surface area contributed by atoms with E-state index in [2.05, 4.69) is 15.5 Å². The minimum Gasteiger partial charge on any atom is -0.364 e. The number of carbonyl (C=O) groups excluding carboxylic acids is 1. The van der Waals surface area contributed by atoms with E-state index in [-0.39, 0.29) is 0 Å². The molecule has 1 fully saturated rings.